The average molecular weight is 247 g/mol. The summed E-state index contributed by atoms with van der Waals surface area (Å²) in [4.78, 5) is 4.65. The fraction of sp³-hybridized carbons (Fsp3) is 0.357. The molecule has 0 spiro atoms. The van der Waals surface area contributed by atoms with Crippen molar-refractivity contribution in [3.05, 3.63) is 35.9 Å². The van der Waals surface area contributed by atoms with Crippen molar-refractivity contribution in [1.29, 1.82) is 0 Å². The minimum atomic E-state index is -0.326. The molecule has 2 atom stereocenters. The first-order valence-electron chi connectivity index (χ1n) is 5.79. The van der Waals surface area contributed by atoms with Gasteiger partial charge < -0.3 is 5.11 Å². The molecule has 17 heavy (non-hydrogen) atoms. The van der Waals surface area contributed by atoms with E-state index >= 15 is 0 Å². The summed E-state index contributed by atoms with van der Waals surface area (Å²) in [6, 6.07) is 10.3. The molecule has 0 amide bonds. The van der Waals surface area contributed by atoms with Crippen LogP contribution in [0, 0.1) is 6.92 Å². The van der Waals surface area contributed by atoms with Gasteiger partial charge in [-0.15, -0.1) is 11.8 Å². The number of fused-ring (bicyclic) bond motifs is 1. The predicted molar refractivity (Wildman–Crippen MR) is 73.5 cm³/mol. The third-order valence-corrected chi connectivity index (χ3v) is 4.25. The zero-order chi connectivity index (χ0) is 12.4. The van der Waals surface area contributed by atoms with Gasteiger partial charge in [-0.25, -0.2) is 4.98 Å². The van der Waals surface area contributed by atoms with Crippen LogP contribution in [0.5, 0.6) is 0 Å². The zero-order valence-electron chi connectivity index (χ0n) is 10.3. The Kier molecular flexibility index (Phi) is 3.69. The summed E-state index contributed by atoms with van der Waals surface area (Å²) >= 11 is 1.63. The Labute approximate surface area is 106 Å². The number of aliphatic hydroxyl groups is 1. The van der Waals surface area contributed by atoms with E-state index in [1.807, 2.05) is 32.0 Å². The molecule has 0 saturated heterocycles. The van der Waals surface area contributed by atoms with Crippen LogP contribution in [-0.2, 0) is 0 Å². The molecule has 0 aliphatic rings. The summed E-state index contributed by atoms with van der Waals surface area (Å²) in [5.41, 5.74) is 2.18. The first-order chi connectivity index (χ1) is 8.08. The Balaban J connectivity index is 2.37. The van der Waals surface area contributed by atoms with Gasteiger partial charge in [0, 0.05) is 10.6 Å². The van der Waals surface area contributed by atoms with Gasteiger partial charge in [-0.3, -0.25) is 0 Å². The Hall–Kier alpha value is -1.06. The van der Waals surface area contributed by atoms with Gasteiger partial charge >= 0.3 is 0 Å². The van der Waals surface area contributed by atoms with Crippen LogP contribution in [0.4, 0.5) is 0 Å². The molecule has 2 rings (SSSR count). The first-order valence-corrected chi connectivity index (χ1v) is 6.67. The lowest BCUT2D eigenvalue weighted by molar-refractivity contribution is 0.196. The first kappa shape index (κ1) is 12.4. The minimum absolute atomic E-state index is 0.155. The van der Waals surface area contributed by atoms with Crippen LogP contribution in [0.3, 0.4) is 0 Å². The number of aromatic nitrogens is 1. The van der Waals surface area contributed by atoms with Crippen molar-refractivity contribution in [2.75, 3.05) is 0 Å². The van der Waals surface area contributed by atoms with Gasteiger partial charge in [0.05, 0.1) is 16.6 Å². The van der Waals surface area contributed by atoms with Crippen molar-refractivity contribution < 1.29 is 5.11 Å². The Morgan fingerprint density at radius 1 is 1.24 bits per heavy atom. The van der Waals surface area contributed by atoms with Crippen LogP contribution >= 0.6 is 11.8 Å². The highest BCUT2D eigenvalue weighted by Gasteiger charge is 2.13. The van der Waals surface area contributed by atoms with Crippen LogP contribution < -0.4 is 0 Å². The van der Waals surface area contributed by atoms with Gasteiger partial charge in [0.15, 0.2) is 0 Å². The molecule has 2 unspecified atom stereocenters. The number of hydrogen-bond donors (Lipinski definition) is 1. The second-order valence-electron chi connectivity index (χ2n) is 4.37. The van der Waals surface area contributed by atoms with Crippen LogP contribution in [0.15, 0.2) is 35.4 Å². The summed E-state index contributed by atoms with van der Waals surface area (Å²) in [5, 5.41) is 11.9. The Bertz CT molecular complexity index is 525. The van der Waals surface area contributed by atoms with Crippen molar-refractivity contribution in [3.8, 4) is 0 Å². The lowest BCUT2D eigenvalue weighted by Crippen LogP contribution is -2.15. The van der Waals surface area contributed by atoms with E-state index in [-0.39, 0.29) is 11.4 Å². The normalized spacial score (nSPS) is 14.8. The predicted octanol–water partition coefficient (Wildman–Crippen LogP) is 3.40. The van der Waals surface area contributed by atoms with E-state index in [0.29, 0.717) is 0 Å². The molecule has 2 nitrogen and oxygen atoms in total. The quantitative estimate of drug-likeness (QED) is 0.844. The van der Waals surface area contributed by atoms with Gasteiger partial charge in [-0.2, -0.15) is 0 Å². The summed E-state index contributed by atoms with van der Waals surface area (Å²) < 4.78 is 0. The fourth-order valence-corrected chi connectivity index (χ4v) is 2.54. The summed E-state index contributed by atoms with van der Waals surface area (Å²) in [6.45, 7) is 5.90. The van der Waals surface area contributed by atoms with Gasteiger partial charge in [-0.05, 0) is 31.5 Å². The number of hydrogen-bond acceptors (Lipinski definition) is 3. The van der Waals surface area contributed by atoms with Crippen LogP contribution in [-0.4, -0.2) is 21.4 Å². The van der Waals surface area contributed by atoms with Crippen LogP contribution in [0.25, 0.3) is 10.9 Å². The molecule has 0 aliphatic carbocycles. The van der Waals surface area contributed by atoms with Gasteiger partial charge in [0.1, 0.15) is 0 Å². The number of nitrogens with zero attached hydrogens (tertiary/aromatic N) is 1. The second kappa shape index (κ2) is 5.07. The second-order valence-corrected chi connectivity index (χ2v) is 5.73. The highest BCUT2D eigenvalue weighted by atomic mass is 32.2. The van der Waals surface area contributed by atoms with E-state index in [9.17, 15) is 5.11 Å². The van der Waals surface area contributed by atoms with Crippen molar-refractivity contribution in [2.24, 2.45) is 0 Å². The Morgan fingerprint density at radius 3 is 2.65 bits per heavy atom. The summed E-state index contributed by atoms with van der Waals surface area (Å²) in [5.74, 6) is 0. The van der Waals surface area contributed by atoms with E-state index in [1.165, 1.54) is 10.9 Å². The maximum absolute atomic E-state index is 9.54. The van der Waals surface area contributed by atoms with E-state index in [0.717, 1.165) is 10.5 Å². The third-order valence-electron chi connectivity index (χ3n) is 2.84. The highest BCUT2D eigenvalue weighted by Crippen LogP contribution is 2.28. The van der Waals surface area contributed by atoms with Gasteiger partial charge in [0.25, 0.3) is 0 Å². The molecule has 1 aromatic carbocycles. The van der Waals surface area contributed by atoms with Crippen molar-refractivity contribution in [2.45, 2.75) is 37.2 Å². The van der Waals surface area contributed by atoms with Crippen LogP contribution in [0.1, 0.15) is 19.4 Å². The number of aliphatic hydroxyl groups excluding tert-OH is 1. The molecular formula is C14H17NOS. The van der Waals surface area contributed by atoms with E-state index in [2.05, 4.69) is 24.0 Å². The number of benzene rings is 1. The molecule has 1 heterocycles. The van der Waals surface area contributed by atoms with E-state index in [4.69, 9.17) is 0 Å². The SMILES string of the molecule is Cc1cc2ccccc2nc1SC(C)C(C)O. The fourth-order valence-electron chi connectivity index (χ4n) is 1.60. The number of rotatable bonds is 3. The summed E-state index contributed by atoms with van der Waals surface area (Å²) in [6.07, 6.45) is -0.326. The number of aryl methyl sites for hydroxylation is 1. The average Bonchev–Trinajstić information content (AvgIpc) is 2.29. The van der Waals surface area contributed by atoms with Crippen molar-refractivity contribution in [3.63, 3.8) is 0 Å². The molecule has 3 heteroatoms. The number of thioether (sulfide) groups is 1. The minimum Gasteiger partial charge on any atom is -0.392 e. The molecule has 0 radical (unpaired) electrons. The standard InChI is InChI=1S/C14H17NOS/c1-9-8-12-6-4-5-7-13(12)15-14(9)17-11(3)10(2)16/h4-8,10-11,16H,1-3H3. The molecule has 2 aromatic rings. The lowest BCUT2D eigenvalue weighted by Gasteiger charge is -2.15. The van der Waals surface area contributed by atoms with Gasteiger partial charge in [-0.1, -0.05) is 25.1 Å². The summed E-state index contributed by atoms with van der Waals surface area (Å²) in [7, 11) is 0. The number of para-hydroxylation sites is 1. The smallest absolute Gasteiger partial charge is 0.1000 e. The maximum Gasteiger partial charge on any atom is 0.1000 e. The molecule has 1 aromatic heterocycles. The topological polar surface area (TPSA) is 33.1 Å². The third kappa shape index (κ3) is 2.79. The molecule has 1 N–H and O–H groups in total. The molecule has 0 saturated carbocycles. The zero-order valence-corrected chi connectivity index (χ0v) is 11.2. The molecular weight excluding hydrogens is 230 g/mol. The highest BCUT2D eigenvalue weighted by molar-refractivity contribution is 7.99. The molecule has 0 bridgehead atoms. The van der Waals surface area contributed by atoms with Crippen molar-refractivity contribution in [1.82, 2.24) is 4.98 Å². The molecule has 0 fully saturated rings. The van der Waals surface area contributed by atoms with Gasteiger partial charge in [0.2, 0.25) is 0 Å². The van der Waals surface area contributed by atoms with Crippen LogP contribution in [0.2, 0.25) is 0 Å². The largest absolute Gasteiger partial charge is 0.392 e. The van der Waals surface area contributed by atoms with E-state index in [1.54, 1.807) is 11.8 Å². The number of pyridine rings is 1. The van der Waals surface area contributed by atoms with E-state index < -0.39 is 0 Å². The monoisotopic (exact) mass is 247 g/mol. The maximum atomic E-state index is 9.54. The lowest BCUT2D eigenvalue weighted by atomic mass is 10.2. The van der Waals surface area contributed by atoms with Crippen molar-refractivity contribution >= 4 is 22.7 Å². The molecule has 90 valence electrons. The molecule has 0 aliphatic heterocycles. The Morgan fingerprint density at radius 2 is 1.94 bits per heavy atom.